The Kier molecular flexibility index (Phi) is 7.43. The molecule has 0 atom stereocenters. The maximum atomic E-state index is 4.76. The Bertz CT molecular complexity index is 431. The molecule has 1 rings (SSSR count). The molecule has 0 spiro atoms. The molecule has 1 aromatic heterocycles. The Morgan fingerprint density at radius 2 is 1.76 bits per heavy atom. The SMILES string of the molecule is CCCc1nc(NCC)c(C)c(N(C)CCCN(C)C)n1. The molecule has 1 N–H and O–H groups in total. The number of nitrogens with zero attached hydrogens (tertiary/aromatic N) is 4. The number of nitrogens with one attached hydrogen (secondary N) is 1. The summed E-state index contributed by atoms with van der Waals surface area (Å²) < 4.78 is 0. The van der Waals surface area contributed by atoms with Gasteiger partial charge in [-0.1, -0.05) is 6.92 Å². The second-order valence-corrected chi connectivity index (χ2v) is 5.80. The van der Waals surface area contributed by atoms with Crippen LogP contribution in [0.25, 0.3) is 0 Å². The lowest BCUT2D eigenvalue weighted by molar-refractivity contribution is 0.401. The molecule has 0 radical (unpaired) electrons. The summed E-state index contributed by atoms with van der Waals surface area (Å²) in [6.07, 6.45) is 3.13. The number of aryl methyl sites for hydroxylation is 1. The van der Waals surface area contributed by atoms with E-state index in [4.69, 9.17) is 4.98 Å². The van der Waals surface area contributed by atoms with E-state index in [1.54, 1.807) is 0 Å². The minimum atomic E-state index is 0.882. The molecule has 0 unspecified atom stereocenters. The molecule has 120 valence electrons. The topological polar surface area (TPSA) is 44.3 Å². The van der Waals surface area contributed by atoms with E-state index in [9.17, 15) is 0 Å². The highest BCUT2D eigenvalue weighted by atomic mass is 15.2. The van der Waals surface area contributed by atoms with Crippen molar-refractivity contribution in [2.75, 3.05) is 51.0 Å². The van der Waals surface area contributed by atoms with E-state index >= 15 is 0 Å². The first-order valence-electron chi connectivity index (χ1n) is 7.96. The lowest BCUT2D eigenvalue weighted by Gasteiger charge is -2.23. The second kappa shape index (κ2) is 8.82. The second-order valence-electron chi connectivity index (χ2n) is 5.80. The van der Waals surface area contributed by atoms with Gasteiger partial charge in [-0.05, 0) is 47.3 Å². The lowest BCUT2D eigenvalue weighted by atomic mass is 10.2. The van der Waals surface area contributed by atoms with Crippen molar-refractivity contribution in [2.24, 2.45) is 0 Å². The van der Waals surface area contributed by atoms with Crippen molar-refractivity contribution >= 4 is 11.6 Å². The minimum absolute atomic E-state index is 0.882. The van der Waals surface area contributed by atoms with Gasteiger partial charge in [0.25, 0.3) is 0 Å². The van der Waals surface area contributed by atoms with Gasteiger partial charge in [0.15, 0.2) is 0 Å². The van der Waals surface area contributed by atoms with Crippen LogP contribution in [-0.2, 0) is 6.42 Å². The summed E-state index contributed by atoms with van der Waals surface area (Å²) >= 11 is 0. The standard InChI is InChI=1S/C16H31N5/c1-7-10-14-18-15(17-8-2)13(3)16(19-14)21(6)12-9-11-20(4)5/h7-12H2,1-6H3,(H,17,18,19). The first-order valence-corrected chi connectivity index (χ1v) is 7.96. The first kappa shape index (κ1) is 17.7. The molecule has 0 saturated heterocycles. The molecule has 0 aliphatic rings. The smallest absolute Gasteiger partial charge is 0.137 e. The lowest BCUT2D eigenvalue weighted by Crippen LogP contribution is -2.25. The van der Waals surface area contributed by atoms with Gasteiger partial charge >= 0.3 is 0 Å². The minimum Gasteiger partial charge on any atom is -0.370 e. The molecule has 0 aliphatic heterocycles. The van der Waals surface area contributed by atoms with Gasteiger partial charge in [0, 0.05) is 32.1 Å². The van der Waals surface area contributed by atoms with Crippen LogP contribution < -0.4 is 10.2 Å². The van der Waals surface area contributed by atoms with E-state index < -0.39 is 0 Å². The predicted molar refractivity (Wildman–Crippen MR) is 91.4 cm³/mol. The molecule has 0 bridgehead atoms. The third kappa shape index (κ3) is 5.50. The fourth-order valence-corrected chi connectivity index (χ4v) is 2.33. The monoisotopic (exact) mass is 293 g/mol. The Balaban J connectivity index is 2.91. The van der Waals surface area contributed by atoms with E-state index in [-0.39, 0.29) is 0 Å². The summed E-state index contributed by atoms with van der Waals surface area (Å²) in [6, 6.07) is 0. The van der Waals surface area contributed by atoms with Gasteiger partial charge in [0.2, 0.25) is 0 Å². The van der Waals surface area contributed by atoms with Crippen LogP contribution in [0.5, 0.6) is 0 Å². The van der Waals surface area contributed by atoms with Crippen molar-refractivity contribution in [3.05, 3.63) is 11.4 Å². The molecule has 0 fully saturated rings. The highest BCUT2D eigenvalue weighted by Crippen LogP contribution is 2.23. The Hall–Kier alpha value is -1.36. The predicted octanol–water partition coefficient (Wildman–Crippen LogP) is 2.56. The number of hydrogen-bond donors (Lipinski definition) is 1. The Labute approximate surface area is 129 Å². The van der Waals surface area contributed by atoms with Gasteiger partial charge in [-0.3, -0.25) is 0 Å². The number of hydrogen-bond acceptors (Lipinski definition) is 5. The van der Waals surface area contributed by atoms with Crippen molar-refractivity contribution in [2.45, 2.75) is 40.0 Å². The van der Waals surface area contributed by atoms with E-state index in [2.05, 4.69) is 62.0 Å². The van der Waals surface area contributed by atoms with Crippen LogP contribution in [0.2, 0.25) is 0 Å². The van der Waals surface area contributed by atoms with Crippen LogP contribution >= 0.6 is 0 Å². The zero-order valence-electron chi connectivity index (χ0n) is 14.5. The number of aromatic nitrogens is 2. The molecule has 0 aliphatic carbocycles. The average molecular weight is 293 g/mol. The van der Waals surface area contributed by atoms with Crippen LogP contribution in [0.1, 0.15) is 38.1 Å². The third-order valence-electron chi connectivity index (χ3n) is 3.44. The van der Waals surface area contributed by atoms with Crippen molar-refractivity contribution < 1.29 is 0 Å². The van der Waals surface area contributed by atoms with Crippen LogP contribution in [0.15, 0.2) is 0 Å². The summed E-state index contributed by atoms with van der Waals surface area (Å²) in [7, 11) is 6.34. The normalized spacial score (nSPS) is 11.0. The Morgan fingerprint density at radius 3 is 2.33 bits per heavy atom. The third-order valence-corrected chi connectivity index (χ3v) is 3.44. The van der Waals surface area contributed by atoms with Crippen LogP contribution in [-0.4, -0.2) is 55.6 Å². The van der Waals surface area contributed by atoms with E-state index in [0.717, 1.165) is 61.9 Å². The average Bonchev–Trinajstić information content (AvgIpc) is 2.42. The van der Waals surface area contributed by atoms with Crippen LogP contribution in [0.4, 0.5) is 11.6 Å². The molecular weight excluding hydrogens is 262 g/mol. The summed E-state index contributed by atoms with van der Waals surface area (Å²) in [4.78, 5) is 13.9. The van der Waals surface area contributed by atoms with Crippen molar-refractivity contribution in [1.29, 1.82) is 0 Å². The molecular formula is C16H31N5. The number of anilines is 2. The summed E-state index contributed by atoms with van der Waals surface area (Å²) in [6.45, 7) is 9.35. The molecule has 5 nitrogen and oxygen atoms in total. The highest BCUT2D eigenvalue weighted by molar-refractivity contribution is 5.58. The summed E-state index contributed by atoms with van der Waals surface area (Å²) in [5.74, 6) is 2.97. The van der Waals surface area contributed by atoms with Gasteiger partial charge in [-0.25, -0.2) is 9.97 Å². The molecule has 0 saturated carbocycles. The largest absolute Gasteiger partial charge is 0.370 e. The maximum absolute atomic E-state index is 4.76. The molecule has 1 aromatic rings. The van der Waals surface area contributed by atoms with Gasteiger partial charge < -0.3 is 15.1 Å². The van der Waals surface area contributed by atoms with Gasteiger partial charge in [-0.2, -0.15) is 0 Å². The molecule has 1 heterocycles. The quantitative estimate of drug-likeness (QED) is 0.758. The Morgan fingerprint density at radius 1 is 1.05 bits per heavy atom. The molecule has 0 aromatic carbocycles. The summed E-state index contributed by atoms with van der Waals surface area (Å²) in [5, 5.41) is 3.36. The van der Waals surface area contributed by atoms with Gasteiger partial charge in [-0.15, -0.1) is 0 Å². The fraction of sp³-hybridized carbons (Fsp3) is 0.750. The first-order chi connectivity index (χ1) is 9.99. The van der Waals surface area contributed by atoms with Crippen LogP contribution in [0, 0.1) is 6.92 Å². The highest BCUT2D eigenvalue weighted by Gasteiger charge is 2.13. The van der Waals surface area contributed by atoms with Crippen molar-refractivity contribution in [3.8, 4) is 0 Å². The van der Waals surface area contributed by atoms with E-state index in [0.29, 0.717) is 0 Å². The van der Waals surface area contributed by atoms with Gasteiger partial charge in [0.05, 0.1) is 0 Å². The van der Waals surface area contributed by atoms with Crippen LogP contribution in [0.3, 0.4) is 0 Å². The van der Waals surface area contributed by atoms with Crippen molar-refractivity contribution in [3.63, 3.8) is 0 Å². The number of rotatable bonds is 9. The zero-order valence-corrected chi connectivity index (χ0v) is 14.5. The van der Waals surface area contributed by atoms with Crippen molar-refractivity contribution in [1.82, 2.24) is 14.9 Å². The summed E-state index contributed by atoms with van der Waals surface area (Å²) in [5.41, 5.74) is 1.14. The fourth-order valence-electron chi connectivity index (χ4n) is 2.33. The zero-order chi connectivity index (χ0) is 15.8. The molecule has 21 heavy (non-hydrogen) atoms. The van der Waals surface area contributed by atoms with E-state index in [1.165, 1.54) is 0 Å². The molecule has 0 amide bonds. The maximum Gasteiger partial charge on any atom is 0.137 e. The van der Waals surface area contributed by atoms with E-state index in [1.807, 2.05) is 0 Å². The van der Waals surface area contributed by atoms with Gasteiger partial charge in [0.1, 0.15) is 17.5 Å². The molecule has 5 heteroatoms.